The first kappa shape index (κ1) is 13.9. The fourth-order valence-electron chi connectivity index (χ4n) is 4.01. The lowest BCUT2D eigenvalue weighted by Crippen LogP contribution is -2.08. The predicted molar refractivity (Wildman–Crippen MR) is 80.6 cm³/mol. The van der Waals surface area contributed by atoms with Crippen LogP contribution in [0.2, 0.25) is 0 Å². The molecule has 0 nitrogen and oxygen atoms in total. The summed E-state index contributed by atoms with van der Waals surface area (Å²) >= 11 is 0. The van der Waals surface area contributed by atoms with Gasteiger partial charge >= 0.3 is 0 Å². The van der Waals surface area contributed by atoms with Gasteiger partial charge in [-0.25, -0.2) is 0 Å². The maximum absolute atomic E-state index is 2.49. The van der Waals surface area contributed by atoms with Crippen LogP contribution in [0.15, 0.2) is 23.8 Å². The molecule has 0 aromatic heterocycles. The number of rotatable bonds is 2. The Kier molecular flexibility index (Phi) is 5.53. The van der Waals surface area contributed by atoms with Crippen molar-refractivity contribution in [3.05, 3.63) is 23.8 Å². The first-order chi connectivity index (χ1) is 8.86. The molecule has 0 aliphatic heterocycles. The molecular weight excluding hydrogens is 216 g/mol. The van der Waals surface area contributed by atoms with Gasteiger partial charge in [-0.2, -0.15) is 0 Å². The van der Waals surface area contributed by atoms with Crippen molar-refractivity contribution in [3.8, 4) is 0 Å². The average molecular weight is 246 g/mol. The smallest absolute Gasteiger partial charge is 0.0169 e. The molecule has 0 N–H and O–H groups in total. The standard InChI is InChI=1S/C18H30/c1-3-15-14-16(4-2)18-13-11-9-7-5-6-8-10-12-17(15)18/h8,10,12,15-16,18H,3-7,9,11,13-14H2,1-2H3/b10-8-,17-12-. The van der Waals surface area contributed by atoms with Crippen molar-refractivity contribution < 1.29 is 0 Å². The van der Waals surface area contributed by atoms with Crippen LogP contribution in [0.25, 0.3) is 0 Å². The molecule has 102 valence electrons. The minimum Gasteiger partial charge on any atom is -0.0845 e. The zero-order valence-corrected chi connectivity index (χ0v) is 12.3. The quantitative estimate of drug-likeness (QED) is 0.569. The maximum Gasteiger partial charge on any atom is -0.0169 e. The van der Waals surface area contributed by atoms with Gasteiger partial charge in [-0.3, -0.25) is 0 Å². The van der Waals surface area contributed by atoms with Crippen LogP contribution in [-0.2, 0) is 0 Å². The Balaban J connectivity index is 2.16. The van der Waals surface area contributed by atoms with Gasteiger partial charge in [0.25, 0.3) is 0 Å². The molecule has 2 aliphatic carbocycles. The van der Waals surface area contributed by atoms with E-state index in [0.29, 0.717) is 0 Å². The molecule has 0 bridgehead atoms. The Bertz CT molecular complexity index is 297. The highest BCUT2D eigenvalue weighted by atomic mass is 14.4. The summed E-state index contributed by atoms with van der Waals surface area (Å²) in [5.41, 5.74) is 1.79. The molecule has 18 heavy (non-hydrogen) atoms. The molecule has 0 radical (unpaired) electrons. The molecule has 3 atom stereocenters. The molecule has 0 spiro atoms. The summed E-state index contributed by atoms with van der Waals surface area (Å²) in [6.45, 7) is 4.76. The molecule has 2 rings (SSSR count). The summed E-state index contributed by atoms with van der Waals surface area (Å²) in [5.74, 6) is 2.75. The Hall–Kier alpha value is -0.520. The third kappa shape index (κ3) is 3.28. The second-order valence-electron chi connectivity index (χ2n) is 6.20. The third-order valence-corrected chi connectivity index (χ3v) is 5.13. The lowest BCUT2D eigenvalue weighted by molar-refractivity contribution is 0.368. The van der Waals surface area contributed by atoms with E-state index >= 15 is 0 Å². The fraction of sp³-hybridized carbons (Fsp3) is 0.778. The van der Waals surface area contributed by atoms with E-state index in [1.54, 1.807) is 5.57 Å². The average Bonchev–Trinajstić information content (AvgIpc) is 2.71. The number of hydrogen-bond donors (Lipinski definition) is 0. The Morgan fingerprint density at radius 3 is 2.67 bits per heavy atom. The summed E-state index contributed by atoms with van der Waals surface area (Å²) in [7, 11) is 0. The topological polar surface area (TPSA) is 0 Å². The molecular formula is C18H30. The van der Waals surface area contributed by atoms with E-state index in [0.717, 1.165) is 17.8 Å². The van der Waals surface area contributed by atoms with Gasteiger partial charge in [-0.1, -0.05) is 63.3 Å². The maximum atomic E-state index is 2.49. The van der Waals surface area contributed by atoms with Gasteiger partial charge in [0.1, 0.15) is 0 Å². The summed E-state index contributed by atoms with van der Waals surface area (Å²) in [6.07, 6.45) is 19.9. The van der Waals surface area contributed by atoms with Crippen LogP contribution in [0.5, 0.6) is 0 Å². The van der Waals surface area contributed by atoms with Crippen molar-refractivity contribution in [2.45, 2.75) is 71.6 Å². The van der Waals surface area contributed by atoms with Crippen LogP contribution in [0.4, 0.5) is 0 Å². The number of fused-ring (bicyclic) bond motifs is 1. The van der Waals surface area contributed by atoms with Crippen LogP contribution >= 0.6 is 0 Å². The highest BCUT2D eigenvalue weighted by molar-refractivity contribution is 5.23. The van der Waals surface area contributed by atoms with Gasteiger partial charge in [0.05, 0.1) is 0 Å². The van der Waals surface area contributed by atoms with Crippen molar-refractivity contribution in [1.82, 2.24) is 0 Å². The van der Waals surface area contributed by atoms with E-state index in [1.807, 2.05) is 0 Å². The van der Waals surface area contributed by atoms with Crippen LogP contribution in [-0.4, -0.2) is 0 Å². The molecule has 0 saturated heterocycles. The lowest BCUT2D eigenvalue weighted by Gasteiger charge is -2.19. The van der Waals surface area contributed by atoms with Gasteiger partial charge < -0.3 is 0 Å². The van der Waals surface area contributed by atoms with E-state index in [9.17, 15) is 0 Å². The Morgan fingerprint density at radius 1 is 1.06 bits per heavy atom. The van der Waals surface area contributed by atoms with Crippen molar-refractivity contribution in [3.63, 3.8) is 0 Å². The minimum atomic E-state index is 0.880. The van der Waals surface area contributed by atoms with E-state index in [4.69, 9.17) is 0 Å². The predicted octanol–water partition coefficient (Wildman–Crippen LogP) is 5.90. The summed E-state index contributed by atoms with van der Waals surface area (Å²) in [4.78, 5) is 0. The minimum absolute atomic E-state index is 0.880. The Morgan fingerprint density at radius 2 is 1.89 bits per heavy atom. The molecule has 0 aromatic rings. The van der Waals surface area contributed by atoms with Crippen LogP contribution in [0, 0.1) is 17.8 Å². The summed E-state index contributed by atoms with van der Waals surface area (Å²) in [5, 5.41) is 0. The summed E-state index contributed by atoms with van der Waals surface area (Å²) < 4.78 is 0. The van der Waals surface area contributed by atoms with Gasteiger partial charge in [0.2, 0.25) is 0 Å². The highest BCUT2D eigenvalue weighted by Gasteiger charge is 2.35. The molecule has 1 fully saturated rings. The van der Waals surface area contributed by atoms with E-state index in [1.165, 1.54) is 57.8 Å². The largest absolute Gasteiger partial charge is 0.0845 e. The first-order valence-corrected chi connectivity index (χ1v) is 8.23. The lowest BCUT2D eigenvalue weighted by atomic mass is 9.86. The molecule has 0 heteroatoms. The molecule has 3 unspecified atom stereocenters. The van der Waals surface area contributed by atoms with E-state index < -0.39 is 0 Å². The number of hydrogen-bond acceptors (Lipinski definition) is 0. The van der Waals surface area contributed by atoms with Gasteiger partial charge in [0, 0.05) is 0 Å². The zero-order chi connectivity index (χ0) is 12.8. The van der Waals surface area contributed by atoms with E-state index in [2.05, 4.69) is 32.1 Å². The summed E-state index contributed by atoms with van der Waals surface area (Å²) in [6, 6.07) is 0. The molecule has 0 heterocycles. The monoisotopic (exact) mass is 246 g/mol. The molecule has 2 aliphatic rings. The van der Waals surface area contributed by atoms with Crippen molar-refractivity contribution in [1.29, 1.82) is 0 Å². The van der Waals surface area contributed by atoms with Crippen LogP contribution < -0.4 is 0 Å². The van der Waals surface area contributed by atoms with Crippen LogP contribution in [0.1, 0.15) is 71.6 Å². The molecule has 1 saturated carbocycles. The molecule has 0 amide bonds. The third-order valence-electron chi connectivity index (χ3n) is 5.13. The van der Waals surface area contributed by atoms with Crippen molar-refractivity contribution in [2.24, 2.45) is 17.8 Å². The van der Waals surface area contributed by atoms with Gasteiger partial charge in [0.15, 0.2) is 0 Å². The Labute approximate surface area is 114 Å². The SMILES string of the molecule is CCC1CC(CC)C2CCCCCC/C=C\C=C\12. The molecule has 0 aromatic carbocycles. The first-order valence-electron chi connectivity index (χ1n) is 8.23. The second-order valence-corrected chi connectivity index (χ2v) is 6.20. The van der Waals surface area contributed by atoms with Crippen molar-refractivity contribution in [2.75, 3.05) is 0 Å². The van der Waals surface area contributed by atoms with E-state index in [-0.39, 0.29) is 0 Å². The van der Waals surface area contributed by atoms with Crippen LogP contribution in [0.3, 0.4) is 0 Å². The normalized spacial score (nSPS) is 38.3. The fourth-order valence-corrected chi connectivity index (χ4v) is 4.01. The second kappa shape index (κ2) is 7.16. The van der Waals surface area contributed by atoms with Gasteiger partial charge in [-0.15, -0.1) is 0 Å². The highest BCUT2D eigenvalue weighted by Crippen LogP contribution is 2.46. The number of allylic oxidation sites excluding steroid dienone is 4. The zero-order valence-electron chi connectivity index (χ0n) is 12.3. The van der Waals surface area contributed by atoms with Crippen molar-refractivity contribution >= 4 is 0 Å². The van der Waals surface area contributed by atoms with Gasteiger partial charge in [-0.05, 0) is 49.9 Å².